The second-order valence-electron chi connectivity index (χ2n) is 10.9. The first-order chi connectivity index (χ1) is 19.0. The van der Waals surface area contributed by atoms with Crippen LogP contribution in [0.2, 0.25) is 0 Å². The van der Waals surface area contributed by atoms with Crippen molar-refractivity contribution < 1.29 is 9.53 Å². The van der Waals surface area contributed by atoms with Gasteiger partial charge in [0.25, 0.3) is 0 Å². The fraction of sp³-hybridized carbons (Fsp3) is 0.294. The molecule has 1 amide bonds. The third-order valence-corrected chi connectivity index (χ3v) is 7.81. The van der Waals surface area contributed by atoms with E-state index in [-0.39, 0.29) is 11.8 Å². The Hall–Kier alpha value is -4.12. The van der Waals surface area contributed by atoms with Crippen molar-refractivity contribution in [2.45, 2.75) is 52.0 Å². The number of amides is 1. The minimum atomic E-state index is 0.0362. The van der Waals surface area contributed by atoms with Gasteiger partial charge in [0.15, 0.2) is 0 Å². The van der Waals surface area contributed by atoms with Gasteiger partial charge in [0, 0.05) is 30.8 Å². The van der Waals surface area contributed by atoms with Crippen molar-refractivity contribution in [2.24, 2.45) is 0 Å². The van der Waals surface area contributed by atoms with E-state index >= 15 is 0 Å². The van der Waals surface area contributed by atoms with Crippen molar-refractivity contribution in [2.75, 3.05) is 18.1 Å². The van der Waals surface area contributed by atoms with Crippen LogP contribution in [0, 0.1) is 6.92 Å². The summed E-state index contributed by atoms with van der Waals surface area (Å²) >= 11 is 0. The van der Waals surface area contributed by atoms with Crippen LogP contribution in [0.15, 0.2) is 84.9 Å². The number of aromatic nitrogens is 2. The van der Waals surface area contributed by atoms with Crippen LogP contribution in [0.5, 0.6) is 5.75 Å². The second-order valence-corrected chi connectivity index (χ2v) is 10.9. The number of rotatable bonds is 8. The number of carbonyl (C=O) groups is 1. The van der Waals surface area contributed by atoms with Gasteiger partial charge in [-0.2, -0.15) is 0 Å². The summed E-state index contributed by atoms with van der Waals surface area (Å²) in [6.07, 6.45) is 1.32. The zero-order valence-corrected chi connectivity index (χ0v) is 22.9. The largest absolute Gasteiger partial charge is 0.493 e. The van der Waals surface area contributed by atoms with Crippen LogP contribution in [-0.2, 0) is 11.3 Å². The van der Waals surface area contributed by atoms with Crippen LogP contribution in [0.4, 0.5) is 5.69 Å². The molecule has 4 aromatic carbocycles. The van der Waals surface area contributed by atoms with Gasteiger partial charge in [-0.1, -0.05) is 74.5 Å². The maximum Gasteiger partial charge on any atom is 0.227 e. The van der Waals surface area contributed by atoms with E-state index in [2.05, 4.69) is 86.0 Å². The van der Waals surface area contributed by atoms with E-state index in [1.54, 1.807) is 0 Å². The van der Waals surface area contributed by atoms with E-state index in [1.807, 2.05) is 29.2 Å². The molecule has 2 heterocycles. The third-order valence-electron chi connectivity index (χ3n) is 7.81. The standard InChI is InChI=1S/C34H35N3O2/c1-23(2)27-17-16-24(3)20-32(27)39-19-9-18-36-31-14-7-6-13-29(31)35-34(36)26-21-33(38)37(22-26)30-15-8-11-25-10-4-5-12-28(25)30/h4-8,10-17,20,23,26H,9,18-19,21-22H2,1-3H3. The van der Waals surface area contributed by atoms with E-state index < -0.39 is 0 Å². The molecule has 1 saturated heterocycles. The quantitative estimate of drug-likeness (QED) is 0.199. The molecule has 0 radical (unpaired) electrons. The van der Waals surface area contributed by atoms with Gasteiger partial charge >= 0.3 is 0 Å². The number of imidazole rings is 1. The van der Waals surface area contributed by atoms with Crippen LogP contribution >= 0.6 is 0 Å². The molecule has 1 aliphatic rings. The van der Waals surface area contributed by atoms with Gasteiger partial charge < -0.3 is 14.2 Å². The molecule has 1 aromatic heterocycles. The molecule has 0 N–H and O–H groups in total. The summed E-state index contributed by atoms with van der Waals surface area (Å²) in [5, 5.41) is 2.25. The molecule has 198 valence electrons. The van der Waals surface area contributed by atoms with Crippen LogP contribution in [0.25, 0.3) is 21.8 Å². The molecule has 1 unspecified atom stereocenters. The highest BCUT2D eigenvalue weighted by Crippen LogP contribution is 2.36. The molecular weight excluding hydrogens is 482 g/mol. The number of nitrogens with zero attached hydrogens (tertiary/aromatic N) is 3. The molecular formula is C34H35N3O2. The summed E-state index contributed by atoms with van der Waals surface area (Å²) in [4.78, 5) is 20.3. The number of benzene rings is 4. The minimum Gasteiger partial charge on any atom is -0.493 e. The van der Waals surface area contributed by atoms with Gasteiger partial charge in [0.05, 0.1) is 23.3 Å². The molecule has 0 bridgehead atoms. The first kappa shape index (κ1) is 25.2. The lowest BCUT2D eigenvalue weighted by Gasteiger charge is -2.19. The summed E-state index contributed by atoms with van der Waals surface area (Å²) in [5.41, 5.74) is 5.52. The zero-order chi connectivity index (χ0) is 26.9. The Morgan fingerprint density at radius 2 is 1.77 bits per heavy atom. The number of hydrogen-bond donors (Lipinski definition) is 0. The Bertz CT molecular complexity index is 1650. The van der Waals surface area contributed by atoms with Crippen LogP contribution in [-0.4, -0.2) is 28.6 Å². The van der Waals surface area contributed by atoms with Crippen molar-refractivity contribution in [1.29, 1.82) is 0 Å². The third kappa shape index (κ3) is 4.89. The molecule has 1 atom stereocenters. The van der Waals surface area contributed by atoms with Crippen molar-refractivity contribution in [3.8, 4) is 5.75 Å². The summed E-state index contributed by atoms with van der Waals surface area (Å²) in [6, 6.07) is 29.2. The lowest BCUT2D eigenvalue weighted by atomic mass is 10.0. The SMILES string of the molecule is Cc1ccc(C(C)C)c(OCCCn2c(C3CC(=O)N(c4cccc5ccccc45)C3)nc3ccccc32)c1. The molecule has 5 aromatic rings. The predicted octanol–water partition coefficient (Wildman–Crippen LogP) is 7.61. The first-order valence-electron chi connectivity index (χ1n) is 14.0. The second kappa shape index (κ2) is 10.6. The molecule has 0 aliphatic carbocycles. The Morgan fingerprint density at radius 1 is 0.974 bits per heavy atom. The van der Waals surface area contributed by atoms with Crippen molar-refractivity contribution in [3.05, 3.63) is 102 Å². The molecule has 0 saturated carbocycles. The maximum atomic E-state index is 13.3. The topological polar surface area (TPSA) is 47.4 Å². The van der Waals surface area contributed by atoms with Gasteiger partial charge in [-0.15, -0.1) is 0 Å². The fourth-order valence-corrected chi connectivity index (χ4v) is 5.85. The molecule has 1 aliphatic heterocycles. The Morgan fingerprint density at radius 3 is 2.64 bits per heavy atom. The van der Waals surface area contributed by atoms with Crippen LogP contribution in [0.1, 0.15) is 55.5 Å². The number of hydrogen-bond acceptors (Lipinski definition) is 3. The van der Waals surface area contributed by atoms with Crippen molar-refractivity contribution >= 4 is 33.4 Å². The molecule has 0 spiro atoms. The average molecular weight is 518 g/mol. The highest BCUT2D eigenvalue weighted by Gasteiger charge is 2.35. The van der Waals surface area contributed by atoms with Crippen LogP contribution in [0.3, 0.4) is 0 Å². The lowest BCUT2D eigenvalue weighted by molar-refractivity contribution is -0.117. The maximum absolute atomic E-state index is 13.3. The van der Waals surface area contributed by atoms with E-state index in [9.17, 15) is 4.79 Å². The Labute approximate surface area is 230 Å². The van der Waals surface area contributed by atoms with E-state index in [1.165, 1.54) is 11.1 Å². The lowest BCUT2D eigenvalue weighted by Crippen LogP contribution is -2.24. The van der Waals surface area contributed by atoms with Gasteiger partial charge in [-0.3, -0.25) is 4.79 Å². The number of anilines is 1. The van der Waals surface area contributed by atoms with Crippen LogP contribution < -0.4 is 9.64 Å². The number of carbonyl (C=O) groups excluding carboxylic acids is 1. The molecule has 39 heavy (non-hydrogen) atoms. The van der Waals surface area contributed by atoms with Crippen molar-refractivity contribution in [1.82, 2.24) is 9.55 Å². The number of aryl methyl sites for hydroxylation is 2. The van der Waals surface area contributed by atoms with Gasteiger partial charge in [0.1, 0.15) is 11.6 Å². The monoisotopic (exact) mass is 517 g/mol. The van der Waals surface area contributed by atoms with E-state index in [0.717, 1.165) is 52.0 Å². The van der Waals surface area contributed by atoms with Crippen molar-refractivity contribution in [3.63, 3.8) is 0 Å². The Balaban J connectivity index is 1.24. The molecule has 5 nitrogen and oxygen atoms in total. The summed E-state index contributed by atoms with van der Waals surface area (Å²) in [5.74, 6) is 2.57. The fourth-order valence-electron chi connectivity index (χ4n) is 5.85. The molecule has 5 heteroatoms. The number of para-hydroxylation sites is 2. The normalized spacial score (nSPS) is 15.6. The smallest absolute Gasteiger partial charge is 0.227 e. The summed E-state index contributed by atoms with van der Waals surface area (Å²) < 4.78 is 8.60. The molecule has 1 fully saturated rings. The first-order valence-corrected chi connectivity index (χ1v) is 14.0. The predicted molar refractivity (Wildman–Crippen MR) is 159 cm³/mol. The number of ether oxygens (including phenoxy) is 1. The average Bonchev–Trinajstić information content (AvgIpc) is 3.51. The Kier molecular flexibility index (Phi) is 6.82. The van der Waals surface area contributed by atoms with E-state index in [4.69, 9.17) is 9.72 Å². The zero-order valence-electron chi connectivity index (χ0n) is 22.9. The molecule has 6 rings (SSSR count). The van der Waals surface area contributed by atoms with Gasteiger partial charge in [-0.25, -0.2) is 4.98 Å². The highest BCUT2D eigenvalue weighted by molar-refractivity contribution is 6.05. The summed E-state index contributed by atoms with van der Waals surface area (Å²) in [7, 11) is 0. The number of fused-ring (bicyclic) bond motifs is 2. The van der Waals surface area contributed by atoms with Gasteiger partial charge in [0.2, 0.25) is 5.91 Å². The minimum absolute atomic E-state index is 0.0362. The van der Waals surface area contributed by atoms with E-state index in [0.29, 0.717) is 25.5 Å². The van der Waals surface area contributed by atoms with Gasteiger partial charge in [-0.05, 0) is 60.0 Å². The summed E-state index contributed by atoms with van der Waals surface area (Å²) in [6.45, 7) is 8.55. The highest BCUT2D eigenvalue weighted by atomic mass is 16.5.